The van der Waals surface area contributed by atoms with Crippen LogP contribution in [0.3, 0.4) is 0 Å². The Bertz CT molecular complexity index is 405. The summed E-state index contributed by atoms with van der Waals surface area (Å²) in [5.41, 5.74) is 0.601. The largest absolute Gasteiger partial charge is 0.336 e. The molecule has 2 rings (SSSR count). The van der Waals surface area contributed by atoms with E-state index < -0.39 is 0 Å². The zero-order chi connectivity index (χ0) is 11.5. The molecule has 1 saturated heterocycles. The summed E-state index contributed by atoms with van der Waals surface area (Å²) in [6.45, 7) is 3.21. The lowest BCUT2D eigenvalue weighted by Gasteiger charge is -2.27. The van der Waals surface area contributed by atoms with Crippen molar-refractivity contribution in [3.8, 4) is 0 Å². The first-order valence-electron chi connectivity index (χ1n) is 5.13. The molecule has 0 unspecified atom stereocenters. The van der Waals surface area contributed by atoms with Crippen LogP contribution in [0.5, 0.6) is 0 Å². The van der Waals surface area contributed by atoms with Crippen LogP contribution in [-0.4, -0.2) is 37.0 Å². The van der Waals surface area contributed by atoms with Crippen LogP contribution in [0, 0.1) is 3.57 Å². The number of nitrogens with zero attached hydrogens (tertiary/aromatic N) is 1. The van der Waals surface area contributed by atoms with E-state index in [-0.39, 0.29) is 5.91 Å². The van der Waals surface area contributed by atoms with Crippen molar-refractivity contribution in [1.29, 1.82) is 0 Å². The summed E-state index contributed by atoms with van der Waals surface area (Å²) < 4.78 is 1.04. The average molecular weight is 351 g/mol. The third-order valence-corrected chi connectivity index (χ3v) is 3.55. The van der Waals surface area contributed by atoms with Gasteiger partial charge in [-0.1, -0.05) is 11.6 Å². The summed E-state index contributed by atoms with van der Waals surface area (Å²) in [7, 11) is 0. The smallest absolute Gasteiger partial charge is 0.255 e. The monoisotopic (exact) mass is 350 g/mol. The molecule has 0 bridgehead atoms. The normalized spacial score (nSPS) is 16.2. The fourth-order valence-electron chi connectivity index (χ4n) is 1.70. The second kappa shape index (κ2) is 5.33. The van der Waals surface area contributed by atoms with Gasteiger partial charge in [-0.05, 0) is 40.8 Å². The van der Waals surface area contributed by atoms with E-state index in [1.54, 1.807) is 6.07 Å². The number of amides is 1. The number of carbonyl (C=O) groups excluding carboxylic acids is 1. The van der Waals surface area contributed by atoms with E-state index in [1.165, 1.54) is 0 Å². The molecule has 1 aromatic rings. The Morgan fingerprint density at radius 1 is 1.38 bits per heavy atom. The predicted molar refractivity (Wildman–Crippen MR) is 72.9 cm³/mol. The first-order chi connectivity index (χ1) is 7.68. The summed E-state index contributed by atoms with van der Waals surface area (Å²) in [5, 5.41) is 3.75. The quantitative estimate of drug-likeness (QED) is 0.786. The molecule has 1 aliphatic heterocycles. The molecule has 0 spiro atoms. The Morgan fingerprint density at radius 2 is 2.06 bits per heavy atom. The summed E-state index contributed by atoms with van der Waals surface area (Å²) in [4.78, 5) is 14.0. The number of nitrogens with one attached hydrogen (secondary N) is 1. The van der Waals surface area contributed by atoms with Crippen LogP contribution >= 0.6 is 34.2 Å². The van der Waals surface area contributed by atoms with Crippen LogP contribution in [0.2, 0.25) is 5.02 Å². The van der Waals surface area contributed by atoms with Crippen molar-refractivity contribution in [1.82, 2.24) is 10.2 Å². The van der Waals surface area contributed by atoms with Crippen molar-refractivity contribution in [2.24, 2.45) is 0 Å². The highest BCUT2D eigenvalue weighted by Gasteiger charge is 2.19. The number of piperazine rings is 1. The molecule has 0 radical (unpaired) electrons. The van der Waals surface area contributed by atoms with Gasteiger partial charge in [0.15, 0.2) is 0 Å². The molecule has 0 saturated carbocycles. The second-order valence-electron chi connectivity index (χ2n) is 3.67. The highest BCUT2D eigenvalue weighted by molar-refractivity contribution is 14.1. The van der Waals surface area contributed by atoms with Crippen LogP contribution in [0.1, 0.15) is 10.4 Å². The second-order valence-corrected chi connectivity index (χ2v) is 5.32. The number of halogens is 2. The predicted octanol–water partition coefficient (Wildman–Crippen LogP) is 1.99. The topological polar surface area (TPSA) is 32.3 Å². The SMILES string of the molecule is O=C(c1ccc(I)cc1Cl)N1CCNCC1. The summed E-state index contributed by atoms with van der Waals surface area (Å²) in [6, 6.07) is 5.52. The molecule has 1 aliphatic rings. The van der Waals surface area contributed by atoms with E-state index in [2.05, 4.69) is 27.9 Å². The van der Waals surface area contributed by atoms with Crippen molar-refractivity contribution in [2.45, 2.75) is 0 Å². The molecule has 1 fully saturated rings. The minimum Gasteiger partial charge on any atom is -0.336 e. The van der Waals surface area contributed by atoms with Gasteiger partial charge in [0.1, 0.15) is 0 Å². The van der Waals surface area contributed by atoms with Gasteiger partial charge < -0.3 is 10.2 Å². The summed E-state index contributed by atoms with van der Waals surface area (Å²) in [5.74, 6) is 0.0305. The number of hydrogen-bond acceptors (Lipinski definition) is 2. The van der Waals surface area contributed by atoms with E-state index in [1.807, 2.05) is 17.0 Å². The maximum Gasteiger partial charge on any atom is 0.255 e. The van der Waals surface area contributed by atoms with E-state index in [9.17, 15) is 4.79 Å². The van der Waals surface area contributed by atoms with Gasteiger partial charge in [-0.2, -0.15) is 0 Å². The third kappa shape index (κ3) is 2.67. The molecular formula is C11H12ClIN2O. The standard InChI is InChI=1S/C11H12ClIN2O/c12-10-7-8(13)1-2-9(10)11(16)15-5-3-14-4-6-15/h1-2,7,14H,3-6H2. The van der Waals surface area contributed by atoms with Gasteiger partial charge in [0.05, 0.1) is 10.6 Å². The molecule has 1 heterocycles. The molecule has 1 aromatic carbocycles. The van der Waals surface area contributed by atoms with Gasteiger partial charge in [0, 0.05) is 29.7 Å². The Kier molecular flexibility index (Phi) is 4.05. The molecule has 0 aliphatic carbocycles. The van der Waals surface area contributed by atoms with Gasteiger partial charge in [0.25, 0.3) is 5.91 Å². The molecule has 3 nitrogen and oxygen atoms in total. The highest BCUT2D eigenvalue weighted by atomic mass is 127. The lowest BCUT2D eigenvalue weighted by molar-refractivity contribution is 0.0736. The van der Waals surface area contributed by atoms with Crippen LogP contribution < -0.4 is 5.32 Å². The number of benzene rings is 1. The van der Waals surface area contributed by atoms with Crippen molar-refractivity contribution < 1.29 is 4.79 Å². The lowest BCUT2D eigenvalue weighted by atomic mass is 10.2. The van der Waals surface area contributed by atoms with Gasteiger partial charge in [-0.25, -0.2) is 0 Å². The molecule has 0 aromatic heterocycles. The van der Waals surface area contributed by atoms with E-state index in [0.717, 1.165) is 29.7 Å². The van der Waals surface area contributed by atoms with Gasteiger partial charge >= 0.3 is 0 Å². The maximum absolute atomic E-state index is 12.1. The Balaban J connectivity index is 2.19. The summed E-state index contributed by atoms with van der Waals surface area (Å²) in [6.07, 6.45) is 0. The molecule has 86 valence electrons. The zero-order valence-corrected chi connectivity index (χ0v) is 11.6. The molecule has 5 heteroatoms. The van der Waals surface area contributed by atoms with Gasteiger partial charge in [-0.15, -0.1) is 0 Å². The van der Waals surface area contributed by atoms with E-state index in [4.69, 9.17) is 11.6 Å². The fourth-order valence-corrected chi connectivity index (χ4v) is 2.64. The Labute approximate surface area is 113 Å². The molecule has 1 amide bonds. The van der Waals surface area contributed by atoms with E-state index >= 15 is 0 Å². The maximum atomic E-state index is 12.1. The molecular weight excluding hydrogens is 338 g/mol. The molecule has 0 atom stereocenters. The minimum atomic E-state index is 0.0305. The lowest BCUT2D eigenvalue weighted by Crippen LogP contribution is -2.46. The van der Waals surface area contributed by atoms with Crippen LogP contribution in [0.25, 0.3) is 0 Å². The number of hydrogen-bond donors (Lipinski definition) is 1. The van der Waals surface area contributed by atoms with Crippen LogP contribution in [0.15, 0.2) is 18.2 Å². The van der Waals surface area contributed by atoms with Crippen LogP contribution in [0.4, 0.5) is 0 Å². The average Bonchev–Trinajstić information content (AvgIpc) is 2.29. The molecule has 1 N–H and O–H groups in total. The zero-order valence-electron chi connectivity index (χ0n) is 8.67. The first-order valence-corrected chi connectivity index (χ1v) is 6.59. The molecule has 16 heavy (non-hydrogen) atoms. The van der Waals surface area contributed by atoms with Crippen molar-refractivity contribution in [2.75, 3.05) is 26.2 Å². The van der Waals surface area contributed by atoms with Crippen molar-refractivity contribution >= 4 is 40.1 Å². The highest BCUT2D eigenvalue weighted by Crippen LogP contribution is 2.20. The van der Waals surface area contributed by atoms with Crippen molar-refractivity contribution in [3.05, 3.63) is 32.4 Å². The first kappa shape index (κ1) is 12.1. The van der Waals surface area contributed by atoms with Crippen molar-refractivity contribution in [3.63, 3.8) is 0 Å². The van der Waals surface area contributed by atoms with Gasteiger partial charge in [0.2, 0.25) is 0 Å². The third-order valence-electron chi connectivity index (χ3n) is 2.57. The van der Waals surface area contributed by atoms with Crippen LogP contribution in [-0.2, 0) is 0 Å². The number of rotatable bonds is 1. The van der Waals surface area contributed by atoms with E-state index in [0.29, 0.717) is 10.6 Å². The fraction of sp³-hybridized carbons (Fsp3) is 0.364. The van der Waals surface area contributed by atoms with Gasteiger partial charge in [-0.3, -0.25) is 4.79 Å². The summed E-state index contributed by atoms with van der Waals surface area (Å²) >= 11 is 8.26. The number of carbonyl (C=O) groups is 1. The Hall–Kier alpha value is -0.330. The Morgan fingerprint density at radius 3 is 2.69 bits per heavy atom. The minimum absolute atomic E-state index is 0.0305.